The lowest BCUT2D eigenvalue weighted by molar-refractivity contribution is 0.0713. The average Bonchev–Trinajstić information content (AvgIpc) is 2.99. The highest BCUT2D eigenvalue weighted by Crippen LogP contribution is 2.35. The lowest BCUT2D eigenvalue weighted by atomic mass is 9.87. The van der Waals surface area contributed by atoms with Crippen LogP contribution in [0.2, 0.25) is 0 Å². The highest BCUT2D eigenvalue weighted by atomic mass is 16.2. The normalized spacial score (nSPS) is 15.6. The molecule has 1 saturated heterocycles. The van der Waals surface area contributed by atoms with E-state index in [0.29, 0.717) is 5.92 Å². The van der Waals surface area contributed by atoms with E-state index in [1.54, 1.807) is 0 Å². The lowest BCUT2D eigenvalue weighted by Crippen LogP contribution is -2.38. The predicted molar refractivity (Wildman–Crippen MR) is 107 cm³/mol. The summed E-state index contributed by atoms with van der Waals surface area (Å²) in [5, 5.41) is 1.34. The van der Waals surface area contributed by atoms with Crippen LogP contribution in [0.25, 0.3) is 10.9 Å². The van der Waals surface area contributed by atoms with Crippen LogP contribution in [0, 0.1) is 20.8 Å². The summed E-state index contributed by atoms with van der Waals surface area (Å²) in [7, 11) is 0. The summed E-state index contributed by atoms with van der Waals surface area (Å²) < 4.78 is 0. The van der Waals surface area contributed by atoms with Gasteiger partial charge in [-0.05, 0) is 74.4 Å². The van der Waals surface area contributed by atoms with Gasteiger partial charge in [0.2, 0.25) is 0 Å². The van der Waals surface area contributed by atoms with Crippen molar-refractivity contribution < 1.29 is 4.79 Å². The number of nitrogens with one attached hydrogen (secondary N) is 1. The van der Waals surface area contributed by atoms with Crippen molar-refractivity contribution in [1.29, 1.82) is 0 Å². The Balaban J connectivity index is 1.51. The largest absolute Gasteiger partial charge is 0.358 e. The van der Waals surface area contributed by atoms with E-state index in [-0.39, 0.29) is 5.91 Å². The number of H-pyrrole nitrogens is 1. The van der Waals surface area contributed by atoms with Gasteiger partial charge in [-0.25, -0.2) is 0 Å². The maximum Gasteiger partial charge on any atom is 0.253 e. The molecule has 4 rings (SSSR count). The molecule has 1 amide bonds. The Kier molecular flexibility index (Phi) is 4.31. The molecule has 3 heteroatoms. The summed E-state index contributed by atoms with van der Waals surface area (Å²) in [5.41, 5.74) is 7.16. The summed E-state index contributed by atoms with van der Waals surface area (Å²) in [4.78, 5) is 18.4. The molecule has 1 aliphatic rings. The molecule has 0 unspecified atom stereocenters. The molecule has 2 heterocycles. The maximum absolute atomic E-state index is 12.9. The minimum absolute atomic E-state index is 0.169. The van der Waals surface area contributed by atoms with E-state index in [0.717, 1.165) is 31.5 Å². The first-order valence-corrected chi connectivity index (χ1v) is 9.48. The monoisotopic (exact) mass is 346 g/mol. The first kappa shape index (κ1) is 16.9. The standard InChI is InChI=1S/C23H26N2O/c1-15-8-9-19(14-16(15)2)23(26)25-12-10-18(11-13-25)22-17(3)24-21-7-5-4-6-20(21)22/h4-9,14,18,24H,10-13H2,1-3H3. The second kappa shape index (κ2) is 6.64. The minimum atomic E-state index is 0.169. The Hall–Kier alpha value is -2.55. The van der Waals surface area contributed by atoms with Gasteiger partial charge in [0.25, 0.3) is 5.91 Å². The number of nitrogens with zero attached hydrogens (tertiary/aromatic N) is 1. The number of carbonyl (C=O) groups excluding carboxylic acids is 1. The quantitative estimate of drug-likeness (QED) is 0.687. The number of amides is 1. The molecular weight excluding hydrogens is 320 g/mol. The van der Waals surface area contributed by atoms with Gasteiger partial charge < -0.3 is 9.88 Å². The molecule has 134 valence electrons. The number of aromatic amines is 1. The summed E-state index contributed by atoms with van der Waals surface area (Å²) in [6.07, 6.45) is 2.05. The minimum Gasteiger partial charge on any atom is -0.358 e. The summed E-state index contributed by atoms with van der Waals surface area (Å²) >= 11 is 0. The number of para-hydroxylation sites is 1. The summed E-state index contributed by atoms with van der Waals surface area (Å²) in [6.45, 7) is 7.98. The fourth-order valence-corrected chi connectivity index (χ4v) is 4.25. The second-order valence-electron chi connectivity index (χ2n) is 7.57. The fraction of sp³-hybridized carbons (Fsp3) is 0.348. The molecule has 2 aromatic carbocycles. The first-order chi connectivity index (χ1) is 12.5. The number of hydrogen-bond acceptors (Lipinski definition) is 1. The lowest BCUT2D eigenvalue weighted by Gasteiger charge is -2.32. The van der Waals surface area contributed by atoms with Crippen LogP contribution >= 0.6 is 0 Å². The van der Waals surface area contributed by atoms with Crippen LogP contribution < -0.4 is 0 Å². The van der Waals surface area contributed by atoms with Gasteiger partial charge in [0.15, 0.2) is 0 Å². The van der Waals surface area contributed by atoms with E-state index in [2.05, 4.69) is 50.0 Å². The molecule has 0 aliphatic carbocycles. The van der Waals surface area contributed by atoms with Crippen molar-refractivity contribution >= 4 is 16.8 Å². The maximum atomic E-state index is 12.9. The smallest absolute Gasteiger partial charge is 0.253 e. The van der Waals surface area contributed by atoms with Crippen molar-refractivity contribution in [1.82, 2.24) is 9.88 Å². The number of fused-ring (bicyclic) bond motifs is 1. The SMILES string of the molecule is Cc1ccc(C(=O)N2CCC(c3c(C)[nH]c4ccccc34)CC2)cc1C. The van der Waals surface area contributed by atoms with Crippen LogP contribution in [-0.4, -0.2) is 28.9 Å². The Bertz CT molecular complexity index is 961. The van der Waals surface area contributed by atoms with Crippen LogP contribution in [-0.2, 0) is 0 Å². The Morgan fingerprint density at radius 2 is 1.73 bits per heavy atom. The number of hydrogen-bond donors (Lipinski definition) is 1. The molecule has 1 fully saturated rings. The van der Waals surface area contributed by atoms with Gasteiger partial charge in [0.1, 0.15) is 0 Å². The highest BCUT2D eigenvalue weighted by Gasteiger charge is 2.27. The number of aromatic nitrogens is 1. The molecule has 1 aromatic heterocycles. The van der Waals surface area contributed by atoms with E-state index in [1.165, 1.54) is 33.3 Å². The molecular formula is C23H26N2O. The Morgan fingerprint density at radius 3 is 2.46 bits per heavy atom. The molecule has 0 atom stereocenters. The molecule has 0 spiro atoms. The first-order valence-electron chi connectivity index (χ1n) is 9.48. The Labute approximate surface area is 155 Å². The third-order valence-electron chi connectivity index (χ3n) is 5.89. The van der Waals surface area contributed by atoms with Gasteiger partial charge >= 0.3 is 0 Å². The predicted octanol–water partition coefficient (Wildman–Crippen LogP) is 5.11. The third kappa shape index (κ3) is 2.92. The van der Waals surface area contributed by atoms with E-state index in [1.807, 2.05) is 23.1 Å². The van der Waals surface area contributed by atoms with Crippen molar-refractivity contribution in [2.45, 2.75) is 39.5 Å². The van der Waals surface area contributed by atoms with E-state index in [4.69, 9.17) is 0 Å². The van der Waals surface area contributed by atoms with Crippen molar-refractivity contribution in [2.75, 3.05) is 13.1 Å². The van der Waals surface area contributed by atoms with Crippen molar-refractivity contribution in [3.63, 3.8) is 0 Å². The van der Waals surface area contributed by atoms with Crippen molar-refractivity contribution in [3.05, 3.63) is 70.4 Å². The van der Waals surface area contributed by atoms with Gasteiger partial charge in [-0.2, -0.15) is 0 Å². The van der Waals surface area contributed by atoms with Crippen LogP contribution in [0.1, 0.15) is 51.5 Å². The highest BCUT2D eigenvalue weighted by molar-refractivity contribution is 5.94. The third-order valence-corrected chi connectivity index (χ3v) is 5.89. The van der Waals surface area contributed by atoms with Gasteiger partial charge in [0, 0.05) is 35.2 Å². The average molecular weight is 346 g/mol. The summed E-state index contributed by atoms with van der Waals surface area (Å²) in [5.74, 6) is 0.692. The zero-order chi connectivity index (χ0) is 18.3. The van der Waals surface area contributed by atoms with Crippen LogP contribution in [0.15, 0.2) is 42.5 Å². The van der Waals surface area contributed by atoms with Crippen molar-refractivity contribution in [2.24, 2.45) is 0 Å². The Morgan fingerprint density at radius 1 is 1.00 bits per heavy atom. The molecule has 26 heavy (non-hydrogen) atoms. The number of piperidine rings is 1. The fourth-order valence-electron chi connectivity index (χ4n) is 4.25. The molecule has 1 aliphatic heterocycles. The molecule has 3 aromatic rings. The van der Waals surface area contributed by atoms with Gasteiger partial charge in [0.05, 0.1) is 0 Å². The van der Waals surface area contributed by atoms with Crippen LogP contribution in [0.4, 0.5) is 0 Å². The zero-order valence-corrected chi connectivity index (χ0v) is 15.8. The molecule has 1 N–H and O–H groups in total. The van der Waals surface area contributed by atoms with Crippen LogP contribution in [0.3, 0.4) is 0 Å². The van der Waals surface area contributed by atoms with Gasteiger partial charge in [-0.15, -0.1) is 0 Å². The zero-order valence-electron chi connectivity index (χ0n) is 15.8. The number of likely N-dealkylation sites (tertiary alicyclic amines) is 1. The summed E-state index contributed by atoms with van der Waals surface area (Å²) in [6, 6.07) is 14.6. The molecule has 0 saturated carbocycles. The molecule has 3 nitrogen and oxygen atoms in total. The second-order valence-corrected chi connectivity index (χ2v) is 7.57. The number of rotatable bonds is 2. The van der Waals surface area contributed by atoms with Crippen LogP contribution in [0.5, 0.6) is 0 Å². The topological polar surface area (TPSA) is 36.1 Å². The molecule has 0 bridgehead atoms. The number of aryl methyl sites for hydroxylation is 3. The molecule has 0 radical (unpaired) electrons. The van der Waals surface area contributed by atoms with Gasteiger partial charge in [-0.1, -0.05) is 24.3 Å². The van der Waals surface area contributed by atoms with Gasteiger partial charge in [-0.3, -0.25) is 4.79 Å². The van der Waals surface area contributed by atoms with E-state index < -0.39 is 0 Å². The number of benzene rings is 2. The van der Waals surface area contributed by atoms with E-state index in [9.17, 15) is 4.79 Å². The number of carbonyl (C=O) groups is 1. The van der Waals surface area contributed by atoms with E-state index >= 15 is 0 Å². The van der Waals surface area contributed by atoms with Crippen molar-refractivity contribution in [3.8, 4) is 0 Å².